The third-order valence-electron chi connectivity index (χ3n) is 5.76. The van der Waals surface area contributed by atoms with Crippen LogP contribution in [0, 0.1) is 6.92 Å². The monoisotopic (exact) mass is 492 g/mol. The predicted molar refractivity (Wildman–Crippen MR) is 139 cm³/mol. The van der Waals surface area contributed by atoms with Gasteiger partial charge in [0.15, 0.2) is 5.75 Å². The second-order valence-electron chi connectivity index (χ2n) is 8.54. The average Bonchev–Trinajstić information content (AvgIpc) is 2.84. The molecule has 35 heavy (non-hydrogen) atoms. The van der Waals surface area contributed by atoms with Gasteiger partial charge >= 0.3 is 0 Å². The van der Waals surface area contributed by atoms with Crippen molar-refractivity contribution in [3.8, 4) is 11.5 Å². The Balaban J connectivity index is 1.23. The third kappa shape index (κ3) is 7.29. The number of nitrogens with zero attached hydrogens (tertiary/aromatic N) is 2. The highest BCUT2D eigenvalue weighted by molar-refractivity contribution is 6.33. The summed E-state index contributed by atoms with van der Waals surface area (Å²) in [5.74, 6) is 1.11. The van der Waals surface area contributed by atoms with E-state index in [2.05, 4.69) is 20.4 Å². The quantitative estimate of drug-likeness (QED) is 0.479. The lowest BCUT2D eigenvalue weighted by atomic mass is 10.2. The van der Waals surface area contributed by atoms with Crippen molar-refractivity contribution in [3.05, 3.63) is 83.4 Å². The van der Waals surface area contributed by atoms with Gasteiger partial charge in [0, 0.05) is 26.2 Å². The normalized spacial score (nSPS) is 14.3. The van der Waals surface area contributed by atoms with E-state index in [1.807, 2.05) is 67.6 Å². The number of aryl methyl sites for hydroxylation is 1. The molecule has 4 rings (SSSR count). The molecule has 8 heteroatoms. The minimum Gasteiger partial charge on any atom is -0.455 e. The minimum atomic E-state index is -0.102. The van der Waals surface area contributed by atoms with Gasteiger partial charge in [-0.1, -0.05) is 53.6 Å². The van der Waals surface area contributed by atoms with E-state index in [1.165, 1.54) is 0 Å². The molecule has 0 saturated carbocycles. The fourth-order valence-corrected chi connectivity index (χ4v) is 4.03. The second kappa shape index (κ2) is 11.8. The molecule has 2 amide bonds. The van der Waals surface area contributed by atoms with Crippen molar-refractivity contribution in [2.75, 3.05) is 49.9 Å². The largest absolute Gasteiger partial charge is 0.455 e. The van der Waals surface area contributed by atoms with Crippen LogP contribution >= 0.6 is 11.6 Å². The number of ether oxygens (including phenoxy) is 1. The lowest BCUT2D eigenvalue weighted by Gasteiger charge is -2.33. The Bertz CT molecular complexity index is 1160. The fraction of sp³-hybridized carbons (Fsp3) is 0.259. The molecule has 1 fully saturated rings. The van der Waals surface area contributed by atoms with Crippen LogP contribution in [0.5, 0.6) is 11.5 Å². The summed E-state index contributed by atoms with van der Waals surface area (Å²) in [5.41, 5.74) is 2.40. The molecule has 1 heterocycles. The Kier molecular flexibility index (Phi) is 8.36. The topological polar surface area (TPSA) is 73.9 Å². The van der Waals surface area contributed by atoms with Gasteiger partial charge in [-0.3, -0.25) is 19.4 Å². The lowest BCUT2D eigenvalue weighted by molar-refractivity contribution is -0.120. The van der Waals surface area contributed by atoms with Crippen molar-refractivity contribution < 1.29 is 14.3 Å². The van der Waals surface area contributed by atoms with Gasteiger partial charge in [0.25, 0.3) is 0 Å². The predicted octanol–water partition coefficient (Wildman–Crippen LogP) is 4.64. The molecular formula is C27H29ClN4O3. The number of rotatable bonds is 8. The summed E-state index contributed by atoms with van der Waals surface area (Å²) in [6, 6.07) is 22.4. The van der Waals surface area contributed by atoms with Crippen LogP contribution in [0.2, 0.25) is 5.02 Å². The molecule has 0 aromatic heterocycles. The van der Waals surface area contributed by atoms with E-state index in [1.54, 1.807) is 12.1 Å². The Hall–Kier alpha value is -3.39. The van der Waals surface area contributed by atoms with E-state index in [9.17, 15) is 9.59 Å². The van der Waals surface area contributed by atoms with Gasteiger partial charge in [0.05, 0.1) is 29.5 Å². The first kappa shape index (κ1) is 24.7. The van der Waals surface area contributed by atoms with Gasteiger partial charge in [0.1, 0.15) is 5.75 Å². The van der Waals surface area contributed by atoms with E-state index in [-0.39, 0.29) is 24.9 Å². The van der Waals surface area contributed by atoms with Gasteiger partial charge in [0.2, 0.25) is 11.8 Å². The zero-order chi connectivity index (χ0) is 24.6. The first-order valence-electron chi connectivity index (χ1n) is 11.6. The summed E-state index contributed by atoms with van der Waals surface area (Å²) in [6.45, 7) is 5.40. The lowest BCUT2D eigenvalue weighted by Crippen LogP contribution is -2.50. The molecule has 2 N–H and O–H groups in total. The highest BCUT2D eigenvalue weighted by atomic mass is 35.5. The van der Waals surface area contributed by atoms with Crippen LogP contribution in [0.1, 0.15) is 5.56 Å². The van der Waals surface area contributed by atoms with Crippen molar-refractivity contribution in [1.82, 2.24) is 9.80 Å². The summed E-state index contributed by atoms with van der Waals surface area (Å²) in [4.78, 5) is 29.3. The van der Waals surface area contributed by atoms with Crippen LogP contribution in [-0.2, 0) is 9.59 Å². The SMILES string of the molecule is Cc1ccc(Oc2ccccc2NC(=O)CN2CCN(CC(=O)Nc3ccccc3Cl)CC2)cc1. The van der Waals surface area contributed by atoms with Gasteiger partial charge in [-0.25, -0.2) is 0 Å². The molecular weight excluding hydrogens is 464 g/mol. The number of nitrogens with one attached hydrogen (secondary N) is 2. The zero-order valence-electron chi connectivity index (χ0n) is 19.7. The molecule has 0 aliphatic carbocycles. The van der Waals surface area contributed by atoms with Crippen LogP contribution in [0.4, 0.5) is 11.4 Å². The number of benzene rings is 3. The van der Waals surface area contributed by atoms with E-state index in [0.29, 0.717) is 54.1 Å². The molecule has 0 radical (unpaired) electrons. The van der Waals surface area contributed by atoms with Gasteiger partial charge < -0.3 is 15.4 Å². The van der Waals surface area contributed by atoms with Gasteiger partial charge in [-0.2, -0.15) is 0 Å². The molecule has 182 valence electrons. The molecule has 0 atom stereocenters. The number of para-hydroxylation sites is 3. The molecule has 0 spiro atoms. The minimum absolute atomic E-state index is 0.102. The third-order valence-corrected chi connectivity index (χ3v) is 6.09. The maximum atomic E-state index is 12.7. The van der Waals surface area contributed by atoms with E-state index >= 15 is 0 Å². The van der Waals surface area contributed by atoms with E-state index in [4.69, 9.17) is 16.3 Å². The van der Waals surface area contributed by atoms with Gasteiger partial charge in [-0.05, 0) is 43.3 Å². The summed E-state index contributed by atoms with van der Waals surface area (Å²) < 4.78 is 5.98. The Morgan fingerprint density at radius 2 is 1.29 bits per heavy atom. The summed E-state index contributed by atoms with van der Waals surface area (Å²) in [6.07, 6.45) is 0. The Labute approximate surface area is 210 Å². The summed E-state index contributed by atoms with van der Waals surface area (Å²) in [7, 11) is 0. The Morgan fingerprint density at radius 1 is 0.771 bits per heavy atom. The molecule has 3 aromatic carbocycles. The first-order valence-corrected chi connectivity index (χ1v) is 12.0. The van der Waals surface area contributed by atoms with E-state index < -0.39 is 0 Å². The number of piperazine rings is 1. The maximum absolute atomic E-state index is 12.7. The highest BCUT2D eigenvalue weighted by Crippen LogP contribution is 2.29. The number of hydrogen-bond acceptors (Lipinski definition) is 5. The van der Waals surface area contributed by atoms with Crippen molar-refractivity contribution in [2.45, 2.75) is 6.92 Å². The van der Waals surface area contributed by atoms with Crippen molar-refractivity contribution >= 4 is 34.8 Å². The fourth-order valence-electron chi connectivity index (χ4n) is 3.85. The first-order chi connectivity index (χ1) is 17.0. The van der Waals surface area contributed by atoms with Crippen LogP contribution in [-0.4, -0.2) is 60.9 Å². The number of carbonyl (C=O) groups is 2. The number of amides is 2. The Morgan fingerprint density at radius 3 is 1.89 bits per heavy atom. The van der Waals surface area contributed by atoms with Crippen LogP contribution in [0.25, 0.3) is 0 Å². The molecule has 1 aliphatic rings. The highest BCUT2D eigenvalue weighted by Gasteiger charge is 2.21. The number of hydrogen-bond donors (Lipinski definition) is 2. The summed E-state index contributed by atoms with van der Waals surface area (Å²) >= 11 is 6.11. The molecule has 0 unspecified atom stereocenters. The standard InChI is InChI=1S/C27H29ClN4O3/c1-20-10-12-21(13-11-20)35-25-9-5-4-8-24(25)30-27(34)19-32-16-14-31(15-17-32)18-26(33)29-23-7-3-2-6-22(23)28/h2-13H,14-19H2,1H3,(H,29,33)(H,30,34). The molecule has 3 aromatic rings. The van der Waals surface area contributed by atoms with E-state index in [0.717, 1.165) is 5.56 Å². The van der Waals surface area contributed by atoms with Crippen molar-refractivity contribution in [3.63, 3.8) is 0 Å². The van der Waals surface area contributed by atoms with Crippen LogP contribution in [0.15, 0.2) is 72.8 Å². The zero-order valence-corrected chi connectivity index (χ0v) is 20.4. The van der Waals surface area contributed by atoms with Crippen molar-refractivity contribution in [2.24, 2.45) is 0 Å². The maximum Gasteiger partial charge on any atom is 0.238 e. The van der Waals surface area contributed by atoms with Crippen LogP contribution < -0.4 is 15.4 Å². The molecule has 7 nitrogen and oxygen atoms in total. The van der Waals surface area contributed by atoms with Gasteiger partial charge in [-0.15, -0.1) is 0 Å². The number of carbonyl (C=O) groups excluding carboxylic acids is 2. The second-order valence-corrected chi connectivity index (χ2v) is 8.95. The average molecular weight is 493 g/mol. The summed E-state index contributed by atoms with van der Waals surface area (Å²) in [5, 5.41) is 6.34. The smallest absolute Gasteiger partial charge is 0.238 e. The van der Waals surface area contributed by atoms with Crippen molar-refractivity contribution in [1.29, 1.82) is 0 Å². The molecule has 0 bridgehead atoms. The molecule has 1 saturated heterocycles. The number of anilines is 2. The molecule has 1 aliphatic heterocycles. The van der Waals surface area contributed by atoms with Crippen LogP contribution in [0.3, 0.4) is 0 Å². The number of halogens is 1.